The molecule has 1 aromatic heterocycles. The lowest BCUT2D eigenvalue weighted by Crippen LogP contribution is -2.47. The molecule has 3 rings (SSSR count). The first-order chi connectivity index (χ1) is 16.0. The molecule has 0 saturated carbocycles. The Balaban J connectivity index is 1.68. The van der Waals surface area contributed by atoms with Gasteiger partial charge in [-0.15, -0.1) is 0 Å². The summed E-state index contributed by atoms with van der Waals surface area (Å²) in [6.45, 7) is 6.27. The number of benzene rings is 2. The number of anilines is 1. The quantitative estimate of drug-likeness (QED) is 0.470. The van der Waals surface area contributed by atoms with Gasteiger partial charge in [0, 0.05) is 42.8 Å². The minimum atomic E-state index is -0.724. The molecule has 1 unspecified atom stereocenters. The summed E-state index contributed by atoms with van der Waals surface area (Å²) in [6, 6.07) is 19.4. The molecule has 3 aromatic rings. The van der Waals surface area contributed by atoms with E-state index in [9.17, 15) is 9.59 Å². The zero-order valence-electron chi connectivity index (χ0n) is 18.9. The van der Waals surface area contributed by atoms with Gasteiger partial charge in [0.1, 0.15) is 11.9 Å². The topological polar surface area (TPSA) is 74.3 Å². The predicted octanol–water partition coefficient (Wildman–Crippen LogP) is 4.24. The largest absolute Gasteiger partial charge is 0.357 e. The van der Waals surface area contributed by atoms with E-state index in [1.807, 2.05) is 42.5 Å². The van der Waals surface area contributed by atoms with Crippen LogP contribution in [0.4, 0.5) is 5.82 Å². The van der Waals surface area contributed by atoms with Crippen molar-refractivity contribution < 1.29 is 9.59 Å². The van der Waals surface area contributed by atoms with Crippen LogP contribution in [-0.4, -0.2) is 35.9 Å². The maximum atomic E-state index is 13.0. The van der Waals surface area contributed by atoms with Gasteiger partial charge in [-0.2, -0.15) is 0 Å². The van der Waals surface area contributed by atoms with Crippen molar-refractivity contribution >= 4 is 29.2 Å². The Morgan fingerprint density at radius 3 is 2.24 bits per heavy atom. The van der Waals surface area contributed by atoms with Crippen molar-refractivity contribution in [3.63, 3.8) is 0 Å². The first kappa shape index (κ1) is 24.3. The van der Waals surface area contributed by atoms with E-state index in [1.165, 1.54) is 0 Å². The summed E-state index contributed by atoms with van der Waals surface area (Å²) < 4.78 is 0. The molecular weight excluding hydrogens is 436 g/mol. The maximum absolute atomic E-state index is 13.0. The van der Waals surface area contributed by atoms with Gasteiger partial charge >= 0.3 is 0 Å². The zero-order valence-corrected chi connectivity index (χ0v) is 19.7. The minimum Gasteiger partial charge on any atom is -0.357 e. The number of amides is 2. The highest BCUT2D eigenvalue weighted by Crippen LogP contribution is 2.12. The third kappa shape index (κ3) is 7.05. The second-order valence-electron chi connectivity index (χ2n) is 7.64. The number of nitrogens with zero attached hydrogens (tertiary/aromatic N) is 2. The average molecular weight is 465 g/mol. The van der Waals surface area contributed by atoms with Crippen LogP contribution in [0.25, 0.3) is 0 Å². The van der Waals surface area contributed by atoms with Crippen molar-refractivity contribution in [1.29, 1.82) is 0 Å². The summed E-state index contributed by atoms with van der Waals surface area (Å²) in [5, 5.41) is 6.34. The second kappa shape index (κ2) is 12.0. The number of hydrogen-bond donors (Lipinski definition) is 2. The summed E-state index contributed by atoms with van der Waals surface area (Å²) in [5.41, 5.74) is 2.29. The second-order valence-corrected chi connectivity index (χ2v) is 8.07. The molecule has 1 atom stereocenters. The van der Waals surface area contributed by atoms with E-state index in [0.29, 0.717) is 23.6 Å². The lowest BCUT2D eigenvalue weighted by atomic mass is 10.0. The Bertz CT molecular complexity index is 1040. The molecule has 2 aromatic carbocycles. The molecule has 7 heteroatoms. The molecule has 0 fully saturated rings. The Labute approximate surface area is 200 Å². The highest BCUT2D eigenvalue weighted by atomic mass is 35.5. The van der Waals surface area contributed by atoms with Crippen molar-refractivity contribution in [2.24, 2.45) is 0 Å². The summed E-state index contributed by atoms with van der Waals surface area (Å²) >= 11 is 5.92. The van der Waals surface area contributed by atoms with Gasteiger partial charge in [0.2, 0.25) is 5.91 Å². The first-order valence-corrected chi connectivity index (χ1v) is 11.5. The van der Waals surface area contributed by atoms with Crippen molar-refractivity contribution in [3.8, 4) is 0 Å². The third-order valence-corrected chi connectivity index (χ3v) is 5.63. The normalized spacial score (nSPS) is 11.5. The molecule has 0 aliphatic carbocycles. The fraction of sp³-hybridized carbons (Fsp3) is 0.269. The van der Waals surface area contributed by atoms with E-state index in [2.05, 4.69) is 34.4 Å². The van der Waals surface area contributed by atoms with E-state index >= 15 is 0 Å². The highest BCUT2D eigenvalue weighted by Gasteiger charge is 2.22. The van der Waals surface area contributed by atoms with E-state index in [-0.39, 0.29) is 11.8 Å². The number of hydrogen-bond acceptors (Lipinski definition) is 4. The van der Waals surface area contributed by atoms with E-state index in [4.69, 9.17) is 11.6 Å². The van der Waals surface area contributed by atoms with Gasteiger partial charge in [0.05, 0.1) is 0 Å². The molecule has 0 saturated heterocycles. The standard InChI is InChI=1S/C26H29ClN4O2/c1-3-31(4-2)24-15-10-20(17-28-24)18-29-26(33)23(16-19-8-6-5-7-9-19)30-25(32)21-11-13-22(27)14-12-21/h5-15,17,23H,3-4,16,18H2,1-2H3,(H,29,33)(H,30,32). The van der Waals surface area contributed by atoms with Gasteiger partial charge in [-0.1, -0.05) is 48.0 Å². The lowest BCUT2D eigenvalue weighted by Gasteiger charge is -2.20. The van der Waals surface area contributed by atoms with Crippen molar-refractivity contribution in [1.82, 2.24) is 15.6 Å². The van der Waals surface area contributed by atoms with Crippen LogP contribution in [-0.2, 0) is 17.8 Å². The number of halogens is 1. The van der Waals surface area contributed by atoms with Gasteiger partial charge in [0.15, 0.2) is 0 Å². The number of carbonyl (C=O) groups excluding carboxylic acids is 2. The number of rotatable bonds is 10. The molecule has 2 N–H and O–H groups in total. The summed E-state index contributed by atoms with van der Waals surface area (Å²) in [6.07, 6.45) is 2.15. The van der Waals surface area contributed by atoms with Crippen LogP contribution in [0.5, 0.6) is 0 Å². The van der Waals surface area contributed by atoms with Gasteiger partial charge in [-0.25, -0.2) is 4.98 Å². The first-order valence-electron chi connectivity index (χ1n) is 11.1. The molecule has 1 heterocycles. The number of nitrogens with one attached hydrogen (secondary N) is 2. The van der Waals surface area contributed by atoms with Gasteiger partial charge < -0.3 is 15.5 Å². The third-order valence-electron chi connectivity index (χ3n) is 5.37. The van der Waals surface area contributed by atoms with Crippen LogP contribution in [0, 0.1) is 0 Å². The molecule has 172 valence electrons. The number of aromatic nitrogens is 1. The SMILES string of the molecule is CCN(CC)c1ccc(CNC(=O)C(Cc2ccccc2)NC(=O)c2ccc(Cl)cc2)cn1. The van der Waals surface area contributed by atoms with E-state index < -0.39 is 6.04 Å². The van der Waals surface area contributed by atoms with Crippen LogP contribution in [0.1, 0.15) is 35.3 Å². The van der Waals surface area contributed by atoms with E-state index in [1.54, 1.807) is 30.5 Å². The summed E-state index contributed by atoms with van der Waals surface area (Å²) in [4.78, 5) is 32.4. The van der Waals surface area contributed by atoms with Crippen molar-refractivity contribution in [2.75, 3.05) is 18.0 Å². The summed E-state index contributed by atoms with van der Waals surface area (Å²) in [7, 11) is 0. The Morgan fingerprint density at radius 1 is 0.939 bits per heavy atom. The molecule has 0 radical (unpaired) electrons. The Hall–Kier alpha value is -3.38. The monoisotopic (exact) mass is 464 g/mol. The van der Waals surface area contributed by atoms with Gasteiger partial charge in [-0.05, 0) is 55.3 Å². The van der Waals surface area contributed by atoms with Crippen molar-refractivity contribution in [2.45, 2.75) is 32.9 Å². The molecule has 0 aliphatic rings. The van der Waals surface area contributed by atoms with Crippen LogP contribution in [0.15, 0.2) is 72.9 Å². The Kier molecular flexibility index (Phi) is 8.84. The summed E-state index contributed by atoms with van der Waals surface area (Å²) in [5.74, 6) is 0.328. The molecule has 6 nitrogen and oxygen atoms in total. The number of pyridine rings is 1. The van der Waals surface area contributed by atoms with Crippen LogP contribution >= 0.6 is 11.6 Å². The molecule has 0 spiro atoms. The maximum Gasteiger partial charge on any atom is 0.251 e. The molecular formula is C26H29ClN4O2. The number of carbonyl (C=O) groups is 2. The van der Waals surface area contributed by atoms with Crippen LogP contribution in [0.3, 0.4) is 0 Å². The Morgan fingerprint density at radius 2 is 1.64 bits per heavy atom. The fourth-order valence-electron chi connectivity index (χ4n) is 3.47. The highest BCUT2D eigenvalue weighted by molar-refractivity contribution is 6.30. The van der Waals surface area contributed by atoms with Crippen molar-refractivity contribution in [3.05, 3.63) is 94.6 Å². The fourth-order valence-corrected chi connectivity index (χ4v) is 3.60. The van der Waals surface area contributed by atoms with Gasteiger partial charge in [-0.3, -0.25) is 9.59 Å². The van der Waals surface area contributed by atoms with E-state index in [0.717, 1.165) is 30.0 Å². The van der Waals surface area contributed by atoms with Crippen LogP contribution < -0.4 is 15.5 Å². The van der Waals surface area contributed by atoms with Gasteiger partial charge in [0.25, 0.3) is 5.91 Å². The molecule has 0 aliphatic heterocycles. The lowest BCUT2D eigenvalue weighted by molar-refractivity contribution is -0.123. The smallest absolute Gasteiger partial charge is 0.251 e. The molecule has 0 bridgehead atoms. The average Bonchev–Trinajstić information content (AvgIpc) is 2.84. The molecule has 2 amide bonds. The molecule has 33 heavy (non-hydrogen) atoms. The minimum absolute atomic E-state index is 0.256. The predicted molar refractivity (Wildman–Crippen MR) is 132 cm³/mol. The van der Waals surface area contributed by atoms with Crippen LogP contribution in [0.2, 0.25) is 5.02 Å². The zero-order chi connectivity index (χ0) is 23.6.